The van der Waals surface area contributed by atoms with E-state index in [9.17, 15) is 9.59 Å². The highest BCUT2D eigenvalue weighted by atomic mass is 79.9. The lowest BCUT2D eigenvalue weighted by Gasteiger charge is -2.09. The summed E-state index contributed by atoms with van der Waals surface area (Å²) in [6.07, 6.45) is 0. The average molecular weight is 554 g/mol. The molecule has 11 heteroatoms. The zero-order valence-electron chi connectivity index (χ0n) is 16.4. The predicted molar refractivity (Wildman–Crippen MR) is 119 cm³/mol. The summed E-state index contributed by atoms with van der Waals surface area (Å²) in [5.74, 6) is 0.524. The predicted octanol–water partition coefficient (Wildman–Crippen LogP) is 3.20. The Balaban J connectivity index is 1.40. The summed E-state index contributed by atoms with van der Waals surface area (Å²) in [5.41, 5.74) is 0.688. The highest BCUT2D eigenvalue weighted by Crippen LogP contribution is 2.28. The zero-order valence-corrected chi connectivity index (χ0v) is 19.5. The second-order valence-electron chi connectivity index (χ2n) is 6.12. The summed E-state index contributed by atoms with van der Waals surface area (Å²) in [6, 6.07) is 12.4. The molecule has 0 radical (unpaired) electrons. The van der Waals surface area contributed by atoms with E-state index in [1.165, 1.54) is 0 Å². The molecule has 162 valence electrons. The van der Waals surface area contributed by atoms with Crippen LogP contribution < -0.4 is 20.1 Å². The SMILES string of the molecule is COc1ccc(-c2noc(C(=O)NCCNC(=O)COc3ccc(Br)cc3Br)n2)cc1. The van der Waals surface area contributed by atoms with E-state index in [1.807, 2.05) is 12.1 Å². The van der Waals surface area contributed by atoms with Crippen LogP contribution in [0.2, 0.25) is 0 Å². The topological polar surface area (TPSA) is 116 Å². The van der Waals surface area contributed by atoms with E-state index in [1.54, 1.807) is 37.4 Å². The molecule has 9 nitrogen and oxygen atoms in total. The second-order valence-corrected chi connectivity index (χ2v) is 7.89. The number of nitrogens with one attached hydrogen (secondary N) is 2. The van der Waals surface area contributed by atoms with E-state index < -0.39 is 5.91 Å². The largest absolute Gasteiger partial charge is 0.497 e. The molecule has 0 unspecified atom stereocenters. The van der Waals surface area contributed by atoms with Crippen molar-refractivity contribution in [2.75, 3.05) is 26.8 Å². The first kappa shape index (κ1) is 22.8. The number of methoxy groups -OCH3 is 1. The fraction of sp³-hybridized carbons (Fsp3) is 0.200. The maximum absolute atomic E-state index is 12.1. The Morgan fingerprint density at radius 2 is 1.81 bits per heavy atom. The maximum Gasteiger partial charge on any atom is 0.316 e. The fourth-order valence-corrected chi connectivity index (χ4v) is 3.57. The minimum Gasteiger partial charge on any atom is -0.497 e. The molecule has 2 amide bonds. The van der Waals surface area contributed by atoms with Crippen molar-refractivity contribution in [3.05, 3.63) is 57.3 Å². The van der Waals surface area contributed by atoms with Crippen LogP contribution >= 0.6 is 31.9 Å². The summed E-state index contributed by atoms with van der Waals surface area (Å²) < 4.78 is 17.2. The molecule has 0 atom stereocenters. The number of hydrogen-bond acceptors (Lipinski definition) is 7. The number of carbonyl (C=O) groups is 2. The van der Waals surface area contributed by atoms with Crippen LogP contribution in [-0.2, 0) is 4.79 Å². The lowest BCUT2D eigenvalue weighted by Crippen LogP contribution is -2.36. The molecule has 0 aliphatic rings. The molecule has 0 saturated heterocycles. The van der Waals surface area contributed by atoms with E-state index >= 15 is 0 Å². The van der Waals surface area contributed by atoms with Gasteiger partial charge in [0.25, 0.3) is 5.91 Å². The number of ether oxygens (including phenoxy) is 2. The van der Waals surface area contributed by atoms with Crippen molar-refractivity contribution in [1.82, 2.24) is 20.8 Å². The summed E-state index contributed by atoms with van der Waals surface area (Å²) >= 11 is 6.71. The van der Waals surface area contributed by atoms with Crippen molar-refractivity contribution >= 4 is 43.7 Å². The Labute approximate surface area is 194 Å². The quantitative estimate of drug-likeness (QED) is 0.391. The standard InChI is InChI=1S/C20H18Br2N4O5/c1-29-14-5-2-12(3-6-14)18-25-20(31-26-18)19(28)24-9-8-23-17(27)11-30-16-7-4-13(21)10-15(16)22/h2-7,10H,8-9,11H2,1H3,(H,23,27)(H,24,28). The van der Waals surface area contributed by atoms with Gasteiger partial charge in [0.05, 0.1) is 11.6 Å². The van der Waals surface area contributed by atoms with Gasteiger partial charge in [-0.3, -0.25) is 9.59 Å². The number of carbonyl (C=O) groups excluding carboxylic acids is 2. The number of nitrogens with zero attached hydrogens (tertiary/aromatic N) is 2. The van der Waals surface area contributed by atoms with Gasteiger partial charge < -0.3 is 24.6 Å². The molecule has 2 N–H and O–H groups in total. The number of benzene rings is 2. The van der Waals surface area contributed by atoms with Crippen LogP contribution in [0.3, 0.4) is 0 Å². The molecule has 0 bridgehead atoms. The summed E-state index contributed by atoms with van der Waals surface area (Å²) in [5, 5.41) is 9.06. The van der Waals surface area contributed by atoms with Crippen molar-refractivity contribution in [3.8, 4) is 22.9 Å². The second kappa shape index (κ2) is 10.9. The van der Waals surface area contributed by atoms with Gasteiger partial charge in [0.2, 0.25) is 5.82 Å². The molecule has 0 spiro atoms. The van der Waals surface area contributed by atoms with Gasteiger partial charge in [-0.05, 0) is 58.4 Å². The third kappa shape index (κ3) is 6.53. The van der Waals surface area contributed by atoms with Gasteiger partial charge in [0, 0.05) is 23.1 Å². The number of halogens is 2. The minimum atomic E-state index is -0.531. The van der Waals surface area contributed by atoms with E-state index in [0.29, 0.717) is 17.1 Å². The van der Waals surface area contributed by atoms with Crippen molar-refractivity contribution in [3.63, 3.8) is 0 Å². The minimum absolute atomic E-state index is 0.150. The van der Waals surface area contributed by atoms with Crippen LogP contribution in [0.4, 0.5) is 0 Å². The van der Waals surface area contributed by atoms with Crippen molar-refractivity contribution in [2.45, 2.75) is 0 Å². The molecular formula is C20H18Br2N4O5. The van der Waals surface area contributed by atoms with Gasteiger partial charge in [0.15, 0.2) is 6.61 Å². The van der Waals surface area contributed by atoms with Gasteiger partial charge in [-0.2, -0.15) is 4.98 Å². The number of rotatable bonds is 9. The molecule has 3 aromatic rings. The summed E-state index contributed by atoms with van der Waals surface area (Å²) in [7, 11) is 1.57. The van der Waals surface area contributed by atoms with E-state index in [2.05, 4.69) is 52.6 Å². The maximum atomic E-state index is 12.1. The Kier molecular flexibility index (Phi) is 8.01. The first-order chi connectivity index (χ1) is 15.0. The van der Waals surface area contributed by atoms with Crippen molar-refractivity contribution < 1.29 is 23.6 Å². The molecule has 31 heavy (non-hydrogen) atoms. The van der Waals surface area contributed by atoms with Crippen LogP contribution in [-0.4, -0.2) is 48.8 Å². The Morgan fingerprint density at radius 1 is 1.06 bits per heavy atom. The molecule has 0 fully saturated rings. The van der Waals surface area contributed by atoms with Gasteiger partial charge in [-0.25, -0.2) is 0 Å². The van der Waals surface area contributed by atoms with Gasteiger partial charge in [-0.15, -0.1) is 0 Å². The summed E-state index contributed by atoms with van der Waals surface area (Å²) in [4.78, 5) is 28.1. The van der Waals surface area contributed by atoms with Crippen LogP contribution in [0.15, 0.2) is 55.9 Å². The van der Waals surface area contributed by atoms with Crippen LogP contribution in [0.5, 0.6) is 11.5 Å². The number of hydrogen-bond donors (Lipinski definition) is 2. The van der Waals surface area contributed by atoms with Crippen LogP contribution in [0.1, 0.15) is 10.7 Å². The lowest BCUT2D eigenvalue weighted by molar-refractivity contribution is -0.123. The third-order valence-electron chi connectivity index (χ3n) is 3.95. The first-order valence-corrected chi connectivity index (χ1v) is 10.7. The van der Waals surface area contributed by atoms with Gasteiger partial charge in [-0.1, -0.05) is 21.1 Å². The average Bonchev–Trinajstić information content (AvgIpc) is 3.26. The Hall–Kier alpha value is -2.92. The molecule has 0 saturated carbocycles. The molecule has 1 aromatic heterocycles. The van der Waals surface area contributed by atoms with Crippen molar-refractivity contribution in [1.29, 1.82) is 0 Å². The molecule has 3 rings (SSSR count). The van der Waals surface area contributed by atoms with E-state index in [0.717, 1.165) is 8.95 Å². The third-order valence-corrected chi connectivity index (χ3v) is 5.07. The van der Waals surface area contributed by atoms with E-state index in [4.69, 9.17) is 14.0 Å². The summed E-state index contributed by atoms with van der Waals surface area (Å²) in [6.45, 7) is 0.255. The smallest absolute Gasteiger partial charge is 0.316 e. The van der Waals surface area contributed by atoms with E-state index in [-0.39, 0.29) is 37.3 Å². The van der Waals surface area contributed by atoms with Crippen molar-refractivity contribution in [2.24, 2.45) is 0 Å². The van der Waals surface area contributed by atoms with Gasteiger partial charge >= 0.3 is 11.8 Å². The Bertz CT molecular complexity index is 1060. The number of amides is 2. The highest BCUT2D eigenvalue weighted by Gasteiger charge is 2.16. The lowest BCUT2D eigenvalue weighted by atomic mass is 10.2. The molecule has 0 aliphatic heterocycles. The molecule has 1 heterocycles. The Morgan fingerprint density at radius 3 is 2.52 bits per heavy atom. The number of aromatic nitrogens is 2. The zero-order chi connectivity index (χ0) is 22.2. The van der Waals surface area contributed by atoms with Gasteiger partial charge in [0.1, 0.15) is 11.5 Å². The molecule has 2 aromatic carbocycles. The highest BCUT2D eigenvalue weighted by molar-refractivity contribution is 9.11. The molecule has 0 aliphatic carbocycles. The van der Waals surface area contributed by atoms with Crippen LogP contribution in [0, 0.1) is 0 Å². The monoisotopic (exact) mass is 552 g/mol. The first-order valence-electron chi connectivity index (χ1n) is 9.07. The normalized spacial score (nSPS) is 10.4. The fourth-order valence-electron chi connectivity index (χ4n) is 2.41. The molecular weight excluding hydrogens is 536 g/mol. The van der Waals surface area contributed by atoms with Crippen LogP contribution in [0.25, 0.3) is 11.4 Å².